The molecule has 1 saturated heterocycles. The molecule has 0 saturated carbocycles. The highest BCUT2D eigenvalue weighted by Crippen LogP contribution is 2.29. The third kappa shape index (κ3) is 7.94. The number of methoxy groups -OCH3 is 2. The van der Waals surface area contributed by atoms with E-state index in [0.29, 0.717) is 48.0 Å². The van der Waals surface area contributed by atoms with Crippen LogP contribution in [0.3, 0.4) is 0 Å². The van der Waals surface area contributed by atoms with Crippen molar-refractivity contribution in [2.75, 3.05) is 60.2 Å². The Morgan fingerprint density at radius 3 is 2.53 bits per heavy atom. The van der Waals surface area contributed by atoms with Crippen LogP contribution in [0.5, 0.6) is 11.5 Å². The van der Waals surface area contributed by atoms with Gasteiger partial charge in [0.15, 0.2) is 11.5 Å². The summed E-state index contributed by atoms with van der Waals surface area (Å²) >= 11 is 0. The van der Waals surface area contributed by atoms with Crippen molar-refractivity contribution in [2.45, 2.75) is 40.2 Å². The van der Waals surface area contributed by atoms with Crippen LogP contribution in [-0.2, 0) is 4.74 Å². The Bertz CT molecular complexity index is 696. The monoisotopic (exact) mass is 449 g/mol. The van der Waals surface area contributed by atoms with E-state index in [0.717, 1.165) is 39.1 Å². The van der Waals surface area contributed by atoms with E-state index in [9.17, 15) is 4.79 Å². The number of benzene rings is 1. The van der Waals surface area contributed by atoms with E-state index in [1.165, 1.54) is 0 Å². The number of hydrogen-bond acceptors (Lipinski definition) is 6. The maximum atomic E-state index is 13.5. The van der Waals surface area contributed by atoms with Crippen LogP contribution in [0.15, 0.2) is 18.2 Å². The van der Waals surface area contributed by atoms with Crippen LogP contribution >= 0.6 is 0 Å². The van der Waals surface area contributed by atoms with Gasteiger partial charge in [-0.05, 0) is 69.4 Å². The molecule has 0 radical (unpaired) electrons. The molecule has 182 valence electrons. The first-order valence-electron chi connectivity index (χ1n) is 11.9. The molecule has 0 aromatic heterocycles. The molecule has 1 aliphatic rings. The van der Waals surface area contributed by atoms with Crippen LogP contribution in [0.25, 0.3) is 0 Å². The Labute approximate surface area is 194 Å². The number of rotatable bonds is 14. The quantitative estimate of drug-likeness (QED) is 0.426. The maximum absolute atomic E-state index is 13.5. The molecule has 2 rings (SSSR count). The van der Waals surface area contributed by atoms with Crippen molar-refractivity contribution >= 4 is 5.91 Å². The number of carbonyl (C=O) groups is 1. The van der Waals surface area contributed by atoms with Crippen molar-refractivity contribution in [3.05, 3.63) is 23.8 Å². The minimum atomic E-state index is 0.0326. The summed E-state index contributed by atoms with van der Waals surface area (Å²) in [5, 5.41) is 7.10. The van der Waals surface area contributed by atoms with Crippen molar-refractivity contribution in [2.24, 2.45) is 17.8 Å². The molecule has 0 spiro atoms. The smallest absolute Gasteiger partial charge is 0.254 e. The summed E-state index contributed by atoms with van der Waals surface area (Å²) in [5.41, 5.74) is 0.627. The molecule has 2 N–H and O–H groups in total. The Balaban J connectivity index is 2.08. The van der Waals surface area contributed by atoms with Crippen LogP contribution in [0, 0.1) is 17.8 Å². The van der Waals surface area contributed by atoms with E-state index in [4.69, 9.17) is 14.2 Å². The van der Waals surface area contributed by atoms with Gasteiger partial charge in [0.25, 0.3) is 5.91 Å². The molecule has 1 heterocycles. The first-order valence-corrected chi connectivity index (χ1v) is 11.9. The minimum absolute atomic E-state index is 0.0326. The highest BCUT2D eigenvalue weighted by molar-refractivity contribution is 5.95. The van der Waals surface area contributed by atoms with Gasteiger partial charge >= 0.3 is 0 Å². The normalized spacial score (nSPS) is 18.4. The highest BCUT2D eigenvalue weighted by Gasteiger charge is 2.31. The van der Waals surface area contributed by atoms with Gasteiger partial charge in [0, 0.05) is 44.8 Å². The average Bonchev–Trinajstić information content (AvgIpc) is 3.21. The topological polar surface area (TPSA) is 72.1 Å². The first kappa shape index (κ1) is 26.4. The van der Waals surface area contributed by atoms with Crippen molar-refractivity contribution in [1.29, 1.82) is 0 Å². The van der Waals surface area contributed by atoms with Crippen LogP contribution < -0.4 is 20.1 Å². The fraction of sp³-hybridized carbons (Fsp3) is 0.720. The molecule has 1 amide bonds. The summed E-state index contributed by atoms with van der Waals surface area (Å²) in [6.45, 7) is 14.4. The SMILES string of the molecule is COCCCOc1cc(C(=O)N(C[C@@H]2CNC[C@@H]2CNCC(C)C)C(C)C)ccc1OC. The zero-order valence-corrected chi connectivity index (χ0v) is 20.8. The number of amides is 1. The molecular weight excluding hydrogens is 406 g/mol. The Morgan fingerprint density at radius 2 is 1.88 bits per heavy atom. The van der Waals surface area contributed by atoms with Crippen LogP contribution in [0.2, 0.25) is 0 Å². The maximum Gasteiger partial charge on any atom is 0.254 e. The predicted octanol–water partition coefficient (Wildman–Crippen LogP) is 3.04. The molecule has 1 aromatic carbocycles. The summed E-state index contributed by atoms with van der Waals surface area (Å²) in [5.74, 6) is 2.85. The van der Waals surface area contributed by atoms with Gasteiger partial charge in [-0.3, -0.25) is 4.79 Å². The standard InChI is InChI=1S/C25H43N3O4/c1-18(2)13-26-14-21-15-27-16-22(21)17-28(19(3)4)25(29)20-8-9-23(31-6)24(12-20)32-11-7-10-30-5/h8-9,12,18-19,21-22,26-27H,7,10-11,13-17H2,1-6H3/t21-,22-/m0/s1. The molecule has 32 heavy (non-hydrogen) atoms. The van der Waals surface area contributed by atoms with E-state index >= 15 is 0 Å². The molecule has 1 aromatic rings. The van der Waals surface area contributed by atoms with Gasteiger partial charge in [0.2, 0.25) is 0 Å². The first-order chi connectivity index (χ1) is 15.4. The fourth-order valence-corrected chi connectivity index (χ4v) is 4.05. The van der Waals surface area contributed by atoms with Crippen molar-refractivity contribution in [3.63, 3.8) is 0 Å². The number of nitrogens with one attached hydrogen (secondary N) is 2. The van der Waals surface area contributed by atoms with Crippen LogP contribution in [0.4, 0.5) is 0 Å². The molecule has 0 bridgehead atoms. The Kier molecular flexibility index (Phi) is 11.3. The van der Waals surface area contributed by atoms with E-state index in [1.54, 1.807) is 20.3 Å². The van der Waals surface area contributed by atoms with Gasteiger partial charge in [-0.1, -0.05) is 13.8 Å². The van der Waals surface area contributed by atoms with Gasteiger partial charge in [0.05, 0.1) is 13.7 Å². The lowest BCUT2D eigenvalue weighted by atomic mass is 9.94. The zero-order valence-electron chi connectivity index (χ0n) is 20.8. The summed E-state index contributed by atoms with van der Waals surface area (Å²) in [6, 6.07) is 5.55. The Morgan fingerprint density at radius 1 is 1.12 bits per heavy atom. The molecule has 0 unspecified atom stereocenters. The molecule has 2 atom stereocenters. The molecule has 7 nitrogen and oxygen atoms in total. The van der Waals surface area contributed by atoms with Crippen molar-refractivity contribution < 1.29 is 19.0 Å². The lowest BCUT2D eigenvalue weighted by Crippen LogP contribution is -2.43. The van der Waals surface area contributed by atoms with Gasteiger partial charge in [0.1, 0.15) is 0 Å². The average molecular weight is 450 g/mol. The second-order valence-corrected chi connectivity index (χ2v) is 9.34. The molecular formula is C25H43N3O4. The third-order valence-corrected chi connectivity index (χ3v) is 5.92. The summed E-state index contributed by atoms with van der Waals surface area (Å²) in [7, 11) is 3.28. The number of ether oxygens (including phenoxy) is 3. The summed E-state index contributed by atoms with van der Waals surface area (Å²) in [4.78, 5) is 15.5. The largest absolute Gasteiger partial charge is 0.493 e. The van der Waals surface area contributed by atoms with Crippen molar-refractivity contribution in [1.82, 2.24) is 15.5 Å². The molecule has 7 heteroatoms. The lowest BCUT2D eigenvalue weighted by molar-refractivity contribution is 0.0661. The zero-order chi connectivity index (χ0) is 23.5. The van der Waals surface area contributed by atoms with Crippen molar-refractivity contribution in [3.8, 4) is 11.5 Å². The van der Waals surface area contributed by atoms with Crippen LogP contribution in [0.1, 0.15) is 44.5 Å². The second-order valence-electron chi connectivity index (χ2n) is 9.34. The number of carbonyl (C=O) groups excluding carboxylic acids is 1. The lowest BCUT2D eigenvalue weighted by Gasteiger charge is -2.32. The van der Waals surface area contributed by atoms with E-state index in [1.807, 2.05) is 17.0 Å². The highest BCUT2D eigenvalue weighted by atomic mass is 16.5. The molecule has 1 aliphatic heterocycles. The van der Waals surface area contributed by atoms with Gasteiger partial charge in [-0.2, -0.15) is 0 Å². The van der Waals surface area contributed by atoms with Gasteiger partial charge in [-0.25, -0.2) is 0 Å². The second kappa shape index (κ2) is 13.7. The molecule has 1 fully saturated rings. The van der Waals surface area contributed by atoms with Gasteiger partial charge in [-0.15, -0.1) is 0 Å². The summed E-state index contributed by atoms with van der Waals surface area (Å²) < 4.78 is 16.4. The number of nitrogens with zero attached hydrogens (tertiary/aromatic N) is 1. The fourth-order valence-electron chi connectivity index (χ4n) is 4.05. The molecule has 0 aliphatic carbocycles. The summed E-state index contributed by atoms with van der Waals surface area (Å²) in [6.07, 6.45) is 0.775. The van der Waals surface area contributed by atoms with Crippen LogP contribution in [-0.4, -0.2) is 77.0 Å². The third-order valence-electron chi connectivity index (χ3n) is 5.92. The van der Waals surface area contributed by atoms with Gasteiger partial charge < -0.3 is 29.7 Å². The predicted molar refractivity (Wildman–Crippen MR) is 129 cm³/mol. The van der Waals surface area contributed by atoms with E-state index in [-0.39, 0.29) is 11.9 Å². The number of hydrogen-bond donors (Lipinski definition) is 2. The Hall–Kier alpha value is -1.83. The van der Waals surface area contributed by atoms with E-state index < -0.39 is 0 Å². The van der Waals surface area contributed by atoms with E-state index in [2.05, 4.69) is 38.3 Å². The minimum Gasteiger partial charge on any atom is -0.493 e.